The average Bonchev–Trinajstić information content (AvgIpc) is 2.67. The zero-order valence-electron chi connectivity index (χ0n) is 14.3. The molecule has 1 fully saturated rings. The van der Waals surface area contributed by atoms with Crippen LogP contribution < -0.4 is 5.32 Å². The smallest absolute Gasteiger partial charge is 0.272 e. The first-order valence-electron chi connectivity index (χ1n) is 8.56. The molecule has 0 bridgehead atoms. The van der Waals surface area contributed by atoms with Crippen LogP contribution in [0, 0.1) is 5.92 Å². The van der Waals surface area contributed by atoms with E-state index in [4.69, 9.17) is 0 Å². The zero-order valence-corrected chi connectivity index (χ0v) is 14.3. The molecule has 25 heavy (non-hydrogen) atoms. The Balaban J connectivity index is 1.64. The average molecular weight is 338 g/mol. The molecule has 2 aromatic heterocycles. The van der Waals surface area contributed by atoms with Gasteiger partial charge in [-0.3, -0.25) is 19.6 Å². The Hall–Kier alpha value is -2.76. The Labute approximate surface area is 147 Å². The molecule has 6 nitrogen and oxygen atoms in total. The lowest BCUT2D eigenvalue weighted by Crippen LogP contribution is -2.38. The summed E-state index contributed by atoms with van der Waals surface area (Å²) in [4.78, 5) is 34.9. The van der Waals surface area contributed by atoms with E-state index in [1.807, 2.05) is 17.0 Å². The highest BCUT2D eigenvalue weighted by Gasteiger charge is 2.22. The first-order chi connectivity index (χ1) is 12.1. The summed E-state index contributed by atoms with van der Waals surface area (Å²) in [5.74, 6) is 0.322. The van der Waals surface area contributed by atoms with Gasteiger partial charge >= 0.3 is 0 Å². The topological polar surface area (TPSA) is 75.2 Å². The minimum Gasteiger partial charge on any atom is -0.348 e. The van der Waals surface area contributed by atoms with Crippen molar-refractivity contribution in [3.63, 3.8) is 0 Å². The van der Waals surface area contributed by atoms with E-state index in [0.29, 0.717) is 23.7 Å². The van der Waals surface area contributed by atoms with Crippen LogP contribution in [-0.2, 0) is 6.54 Å². The second-order valence-electron chi connectivity index (χ2n) is 6.45. The summed E-state index contributed by atoms with van der Waals surface area (Å²) in [6.45, 7) is 4.09. The second-order valence-corrected chi connectivity index (χ2v) is 6.45. The molecule has 1 aliphatic rings. The van der Waals surface area contributed by atoms with Crippen LogP contribution in [0.4, 0.5) is 0 Å². The molecule has 1 saturated heterocycles. The lowest BCUT2D eigenvalue weighted by atomic mass is 9.99. The number of carbonyl (C=O) groups is 2. The molecule has 3 rings (SSSR count). The van der Waals surface area contributed by atoms with Crippen molar-refractivity contribution in [2.45, 2.75) is 26.3 Å². The summed E-state index contributed by atoms with van der Waals surface area (Å²) >= 11 is 0. The Bertz CT molecular complexity index is 740. The van der Waals surface area contributed by atoms with Gasteiger partial charge in [0, 0.05) is 43.8 Å². The molecule has 1 N–H and O–H groups in total. The summed E-state index contributed by atoms with van der Waals surface area (Å²) in [5.41, 5.74) is 1.68. The van der Waals surface area contributed by atoms with Crippen LogP contribution in [0.3, 0.4) is 0 Å². The molecule has 0 atom stereocenters. The van der Waals surface area contributed by atoms with Crippen molar-refractivity contribution in [3.05, 3.63) is 59.7 Å². The van der Waals surface area contributed by atoms with Gasteiger partial charge in [-0.1, -0.05) is 13.0 Å². The maximum Gasteiger partial charge on any atom is 0.272 e. The number of likely N-dealkylation sites (tertiary alicyclic amines) is 1. The molecule has 0 radical (unpaired) electrons. The highest BCUT2D eigenvalue weighted by atomic mass is 16.2. The number of amides is 2. The van der Waals surface area contributed by atoms with Crippen molar-refractivity contribution in [1.82, 2.24) is 20.2 Å². The summed E-state index contributed by atoms with van der Waals surface area (Å²) in [7, 11) is 0. The molecule has 3 heterocycles. The van der Waals surface area contributed by atoms with Gasteiger partial charge in [0.25, 0.3) is 11.8 Å². The molecular formula is C19H22N4O2. The van der Waals surface area contributed by atoms with E-state index >= 15 is 0 Å². The fourth-order valence-electron chi connectivity index (χ4n) is 2.85. The largest absolute Gasteiger partial charge is 0.348 e. The molecule has 0 spiro atoms. The number of carbonyl (C=O) groups excluding carboxylic acids is 2. The number of hydrogen-bond acceptors (Lipinski definition) is 4. The quantitative estimate of drug-likeness (QED) is 0.928. The standard InChI is InChI=1S/C19H22N4O2/c1-14-5-9-23(10-6-14)19(25)17-11-16(4-8-21-17)18(24)22-13-15-3-2-7-20-12-15/h2-4,7-8,11-12,14H,5-6,9-10,13H2,1H3,(H,22,24). The maximum absolute atomic E-state index is 12.6. The molecule has 6 heteroatoms. The van der Waals surface area contributed by atoms with Crippen molar-refractivity contribution in [2.75, 3.05) is 13.1 Å². The highest BCUT2D eigenvalue weighted by Crippen LogP contribution is 2.18. The molecule has 130 valence electrons. The monoisotopic (exact) mass is 338 g/mol. The predicted octanol–water partition coefficient (Wildman–Crippen LogP) is 2.28. The lowest BCUT2D eigenvalue weighted by molar-refractivity contribution is 0.0691. The van der Waals surface area contributed by atoms with Gasteiger partial charge in [0.15, 0.2) is 0 Å². The van der Waals surface area contributed by atoms with Crippen LogP contribution in [0.2, 0.25) is 0 Å². The van der Waals surface area contributed by atoms with E-state index in [-0.39, 0.29) is 11.8 Å². The highest BCUT2D eigenvalue weighted by molar-refractivity contribution is 5.98. The van der Waals surface area contributed by atoms with Gasteiger partial charge in [-0.15, -0.1) is 0 Å². The number of nitrogens with one attached hydrogen (secondary N) is 1. The van der Waals surface area contributed by atoms with Gasteiger partial charge < -0.3 is 10.2 Å². The summed E-state index contributed by atoms with van der Waals surface area (Å²) in [6, 6.07) is 6.91. The van der Waals surface area contributed by atoms with Gasteiger partial charge in [-0.2, -0.15) is 0 Å². The van der Waals surface area contributed by atoms with Crippen LogP contribution >= 0.6 is 0 Å². The number of piperidine rings is 1. The summed E-state index contributed by atoms with van der Waals surface area (Å²) in [6.07, 6.45) is 6.93. The number of aromatic nitrogens is 2. The SMILES string of the molecule is CC1CCN(C(=O)c2cc(C(=O)NCc3cccnc3)ccn2)CC1. The molecule has 0 saturated carbocycles. The Kier molecular flexibility index (Phi) is 5.38. The van der Waals surface area contributed by atoms with Crippen molar-refractivity contribution in [1.29, 1.82) is 0 Å². The van der Waals surface area contributed by atoms with Crippen molar-refractivity contribution in [2.24, 2.45) is 5.92 Å². The third kappa shape index (κ3) is 4.41. The van der Waals surface area contributed by atoms with E-state index in [0.717, 1.165) is 31.5 Å². The van der Waals surface area contributed by atoms with Crippen LogP contribution in [-0.4, -0.2) is 39.8 Å². The molecule has 0 aliphatic carbocycles. The maximum atomic E-state index is 12.6. The zero-order chi connectivity index (χ0) is 17.6. The van der Waals surface area contributed by atoms with Crippen molar-refractivity contribution in [3.8, 4) is 0 Å². The van der Waals surface area contributed by atoms with Gasteiger partial charge in [-0.05, 0) is 42.5 Å². The van der Waals surface area contributed by atoms with E-state index in [9.17, 15) is 9.59 Å². The van der Waals surface area contributed by atoms with Crippen molar-refractivity contribution < 1.29 is 9.59 Å². The fraction of sp³-hybridized carbons (Fsp3) is 0.368. The minimum absolute atomic E-state index is 0.103. The molecular weight excluding hydrogens is 316 g/mol. The van der Waals surface area contributed by atoms with Crippen LogP contribution in [0.5, 0.6) is 0 Å². The van der Waals surface area contributed by atoms with E-state index in [1.165, 1.54) is 6.20 Å². The Morgan fingerprint density at radius 1 is 1.24 bits per heavy atom. The van der Waals surface area contributed by atoms with Crippen LogP contribution in [0.15, 0.2) is 42.9 Å². The van der Waals surface area contributed by atoms with Crippen LogP contribution in [0.1, 0.15) is 46.2 Å². The first-order valence-corrected chi connectivity index (χ1v) is 8.56. The molecule has 0 aromatic carbocycles. The third-order valence-corrected chi connectivity index (χ3v) is 4.49. The first kappa shape index (κ1) is 17.1. The van der Waals surface area contributed by atoms with E-state index in [1.54, 1.807) is 24.5 Å². The Morgan fingerprint density at radius 2 is 2.04 bits per heavy atom. The lowest BCUT2D eigenvalue weighted by Gasteiger charge is -2.30. The fourth-order valence-corrected chi connectivity index (χ4v) is 2.85. The molecule has 2 aromatic rings. The minimum atomic E-state index is -0.229. The summed E-state index contributed by atoms with van der Waals surface area (Å²) in [5, 5.41) is 2.84. The number of rotatable bonds is 4. The molecule has 0 unspecified atom stereocenters. The Morgan fingerprint density at radius 3 is 2.76 bits per heavy atom. The van der Waals surface area contributed by atoms with E-state index < -0.39 is 0 Å². The second kappa shape index (κ2) is 7.88. The molecule has 1 aliphatic heterocycles. The van der Waals surface area contributed by atoms with Gasteiger partial charge in [0.2, 0.25) is 0 Å². The van der Waals surface area contributed by atoms with Gasteiger partial charge in [-0.25, -0.2) is 0 Å². The molecule has 2 amide bonds. The number of pyridine rings is 2. The van der Waals surface area contributed by atoms with Crippen molar-refractivity contribution >= 4 is 11.8 Å². The van der Waals surface area contributed by atoms with Gasteiger partial charge in [0.1, 0.15) is 5.69 Å². The van der Waals surface area contributed by atoms with Crippen LogP contribution in [0.25, 0.3) is 0 Å². The third-order valence-electron chi connectivity index (χ3n) is 4.49. The normalized spacial score (nSPS) is 15.0. The van der Waals surface area contributed by atoms with Gasteiger partial charge in [0.05, 0.1) is 0 Å². The van der Waals surface area contributed by atoms with E-state index in [2.05, 4.69) is 22.2 Å². The predicted molar refractivity (Wildman–Crippen MR) is 93.9 cm³/mol. The number of nitrogens with zero attached hydrogens (tertiary/aromatic N) is 3. The summed E-state index contributed by atoms with van der Waals surface area (Å²) < 4.78 is 0. The number of hydrogen-bond donors (Lipinski definition) is 1.